The fourth-order valence-electron chi connectivity index (χ4n) is 12.2. The van der Waals surface area contributed by atoms with Crippen molar-refractivity contribution in [2.45, 2.75) is 457 Å². The molecule has 0 fully saturated rings. The van der Waals surface area contributed by atoms with E-state index in [1.165, 1.54) is 353 Å². The molecule has 0 spiro atoms. The van der Waals surface area contributed by atoms with Gasteiger partial charge >= 0.3 is 17.9 Å². The highest BCUT2D eigenvalue weighted by Gasteiger charge is 2.20. The summed E-state index contributed by atoms with van der Waals surface area (Å²) in [5, 5.41) is 0. The molecule has 1 unspecified atom stereocenters. The second-order valence-electron chi connectivity index (χ2n) is 26.3. The number of esters is 3. The van der Waals surface area contributed by atoms with Gasteiger partial charge < -0.3 is 14.2 Å². The van der Waals surface area contributed by atoms with Crippen molar-refractivity contribution >= 4 is 17.9 Å². The molecule has 0 saturated heterocycles. The number of rotatable bonds is 72. The lowest BCUT2D eigenvalue weighted by Crippen LogP contribution is -2.30. The summed E-state index contributed by atoms with van der Waals surface area (Å²) in [7, 11) is 0. The summed E-state index contributed by atoms with van der Waals surface area (Å²) < 4.78 is 17.0. The molecule has 0 aliphatic carbocycles. The second-order valence-corrected chi connectivity index (χ2v) is 26.3. The van der Waals surface area contributed by atoms with Crippen LogP contribution in [-0.2, 0) is 28.6 Å². The van der Waals surface area contributed by atoms with Gasteiger partial charge in [-0.25, -0.2) is 0 Å². The first-order valence-electron chi connectivity index (χ1n) is 38.0. The maximum Gasteiger partial charge on any atom is 0.306 e. The molecule has 0 radical (unpaired) electrons. The van der Waals surface area contributed by atoms with Crippen molar-refractivity contribution in [1.82, 2.24) is 0 Å². The summed E-state index contributed by atoms with van der Waals surface area (Å²) in [6.45, 7) is 6.74. The van der Waals surface area contributed by atoms with E-state index in [0.29, 0.717) is 19.3 Å². The highest BCUT2D eigenvalue weighted by molar-refractivity contribution is 5.71. The highest BCUT2D eigenvalue weighted by Crippen LogP contribution is 2.20. The van der Waals surface area contributed by atoms with Gasteiger partial charge in [0.15, 0.2) is 6.10 Å². The molecule has 0 aromatic carbocycles. The van der Waals surface area contributed by atoms with Crippen LogP contribution in [0.1, 0.15) is 451 Å². The van der Waals surface area contributed by atoms with Gasteiger partial charge in [0.1, 0.15) is 13.2 Å². The van der Waals surface area contributed by atoms with Crippen molar-refractivity contribution < 1.29 is 28.6 Å². The van der Waals surface area contributed by atoms with Crippen LogP contribution in [0.25, 0.3) is 0 Å². The third-order valence-corrected chi connectivity index (χ3v) is 17.9. The van der Waals surface area contributed by atoms with E-state index in [4.69, 9.17) is 14.2 Å². The van der Waals surface area contributed by atoms with Crippen molar-refractivity contribution in [3.63, 3.8) is 0 Å². The van der Waals surface area contributed by atoms with E-state index in [-0.39, 0.29) is 31.1 Å². The molecule has 0 aromatic rings. The Hall–Kier alpha value is -1.59. The van der Waals surface area contributed by atoms with Gasteiger partial charge in [-0.1, -0.05) is 412 Å². The maximum absolute atomic E-state index is 12.9. The standard InChI is InChI=1S/C76H148O6/c1-4-7-10-13-16-19-22-24-26-28-30-32-33-34-35-36-37-38-39-40-41-42-43-44-46-47-49-51-54-57-60-63-66-69-75(78)81-72-73(71-80-74(77)68-65-62-59-56-53-21-18-15-12-9-6-3)82-76(79)70-67-64-61-58-55-52-50-48-45-31-29-27-25-23-20-17-14-11-8-5-2/h73H,4-72H2,1-3H3. The quantitative estimate of drug-likeness (QED) is 0.0343. The second kappa shape index (κ2) is 71.9. The van der Waals surface area contributed by atoms with Crippen LogP contribution < -0.4 is 0 Å². The molecular weight excluding hydrogens is 1010 g/mol. The number of carbonyl (C=O) groups is 3. The molecule has 0 N–H and O–H groups in total. The Morgan fingerprint density at radius 2 is 0.329 bits per heavy atom. The molecule has 0 bridgehead atoms. The summed E-state index contributed by atoms with van der Waals surface area (Å²) in [4.78, 5) is 38.4. The van der Waals surface area contributed by atoms with Crippen molar-refractivity contribution in [2.75, 3.05) is 13.2 Å². The Balaban J connectivity index is 4.03. The zero-order valence-electron chi connectivity index (χ0n) is 56.3. The number of carbonyl (C=O) groups excluding carboxylic acids is 3. The van der Waals surface area contributed by atoms with Crippen LogP contribution in [0.4, 0.5) is 0 Å². The molecule has 0 heterocycles. The summed E-state index contributed by atoms with van der Waals surface area (Å²) in [5.74, 6) is -0.821. The first-order chi connectivity index (χ1) is 40.5. The van der Waals surface area contributed by atoms with Gasteiger partial charge in [-0.3, -0.25) is 14.4 Å². The van der Waals surface area contributed by atoms with Crippen LogP contribution in [-0.4, -0.2) is 37.2 Å². The zero-order chi connectivity index (χ0) is 59.2. The van der Waals surface area contributed by atoms with E-state index >= 15 is 0 Å². The fraction of sp³-hybridized carbons (Fsp3) is 0.961. The summed E-state index contributed by atoms with van der Waals surface area (Å²) >= 11 is 0. The molecule has 0 amide bonds. The predicted octanol–water partition coefficient (Wildman–Crippen LogP) is 26.2. The molecular formula is C76H148O6. The Morgan fingerprint density at radius 3 is 0.488 bits per heavy atom. The summed E-state index contributed by atoms with van der Waals surface area (Å²) in [6.07, 6.45) is 86.0. The van der Waals surface area contributed by atoms with Crippen molar-refractivity contribution in [3.8, 4) is 0 Å². The highest BCUT2D eigenvalue weighted by atomic mass is 16.6. The minimum Gasteiger partial charge on any atom is -0.462 e. The average Bonchev–Trinajstić information content (AvgIpc) is 3.47. The maximum atomic E-state index is 12.9. The Morgan fingerprint density at radius 1 is 0.195 bits per heavy atom. The van der Waals surface area contributed by atoms with Gasteiger partial charge in [0.2, 0.25) is 0 Å². The smallest absolute Gasteiger partial charge is 0.306 e. The number of hydrogen-bond donors (Lipinski definition) is 0. The normalized spacial score (nSPS) is 11.9. The van der Waals surface area contributed by atoms with Crippen molar-refractivity contribution in [1.29, 1.82) is 0 Å². The first-order valence-corrected chi connectivity index (χ1v) is 38.0. The van der Waals surface area contributed by atoms with Gasteiger partial charge in [-0.05, 0) is 19.3 Å². The predicted molar refractivity (Wildman–Crippen MR) is 358 cm³/mol. The van der Waals surface area contributed by atoms with E-state index in [9.17, 15) is 14.4 Å². The molecule has 0 aromatic heterocycles. The minimum absolute atomic E-state index is 0.0603. The molecule has 0 aliphatic rings. The Labute approximate surface area is 514 Å². The van der Waals surface area contributed by atoms with Crippen molar-refractivity contribution in [3.05, 3.63) is 0 Å². The lowest BCUT2D eigenvalue weighted by atomic mass is 10.0. The molecule has 0 rings (SSSR count). The molecule has 6 nitrogen and oxygen atoms in total. The molecule has 82 heavy (non-hydrogen) atoms. The SMILES string of the molecule is CCCCCCCCCCCCCCCCCCCCCCCCCCCCCCCCCCCC(=O)OCC(COC(=O)CCCCCCCCCCCCC)OC(=O)CCCCCCCCCCCCCCCCCCCCCC. The third kappa shape index (κ3) is 69.2. The van der Waals surface area contributed by atoms with E-state index in [2.05, 4.69) is 20.8 Å². The van der Waals surface area contributed by atoms with Crippen LogP contribution in [0.15, 0.2) is 0 Å². The molecule has 0 aliphatic heterocycles. The van der Waals surface area contributed by atoms with Gasteiger partial charge in [-0.2, -0.15) is 0 Å². The summed E-state index contributed by atoms with van der Waals surface area (Å²) in [5.41, 5.74) is 0. The number of ether oxygens (including phenoxy) is 3. The van der Waals surface area contributed by atoms with Crippen LogP contribution in [0.5, 0.6) is 0 Å². The molecule has 0 saturated carbocycles. The van der Waals surface area contributed by atoms with Gasteiger partial charge in [0.05, 0.1) is 0 Å². The van der Waals surface area contributed by atoms with E-state index < -0.39 is 6.10 Å². The molecule has 488 valence electrons. The number of unbranched alkanes of at least 4 members (excludes halogenated alkanes) is 61. The fourth-order valence-corrected chi connectivity index (χ4v) is 12.2. The number of hydrogen-bond acceptors (Lipinski definition) is 6. The minimum atomic E-state index is -0.763. The van der Waals surface area contributed by atoms with E-state index in [0.717, 1.165) is 57.8 Å². The monoisotopic (exact) mass is 1160 g/mol. The Bertz CT molecular complexity index is 1240. The summed E-state index contributed by atoms with van der Waals surface area (Å²) in [6, 6.07) is 0. The topological polar surface area (TPSA) is 78.9 Å². The third-order valence-electron chi connectivity index (χ3n) is 17.9. The largest absolute Gasteiger partial charge is 0.462 e. The average molecular weight is 1160 g/mol. The van der Waals surface area contributed by atoms with Gasteiger partial charge in [0, 0.05) is 19.3 Å². The van der Waals surface area contributed by atoms with E-state index in [1.807, 2.05) is 0 Å². The van der Waals surface area contributed by atoms with Gasteiger partial charge in [0.25, 0.3) is 0 Å². The Kier molecular flexibility index (Phi) is 70.5. The first kappa shape index (κ1) is 80.4. The van der Waals surface area contributed by atoms with Crippen LogP contribution in [0, 0.1) is 0 Å². The van der Waals surface area contributed by atoms with Crippen LogP contribution in [0.2, 0.25) is 0 Å². The van der Waals surface area contributed by atoms with Crippen LogP contribution in [0.3, 0.4) is 0 Å². The van der Waals surface area contributed by atoms with Crippen LogP contribution >= 0.6 is 0 Å². The van der Waals surface area contributed by atoms with E-state index in [1.54, 1.807) is 0 Å². The molecule has 1 atom stereocenters. The lowest BCUT2D eigenvalue weighted by Gasteiger charge is -2.18. The van der Waals surface area contributed by atoms with Gasteiger partial charge in [-0.15, -0.1) is 0 Å². The van der Waals surface area contributed by atoms with Crippen molar-refractivity contribution in [2.24, 2.45) is 0 Å². The molecule has 6 heteroatoms. The zero-order valence-corrected chi connectivity index (χ0v) is 56.3. The lowest BCUT2D eigenvalue weighted by molar-refractivity contribution is -0.167.